The van der Waals surface area contributed by atoms with Gasteiger partial charge in [-0.1, -0.05) is 6.92 Å². The lowest BCUT2D eigenvalue weighted by molar-refractivity contribution is -0.125. The second-order valence-electron chi connectivity index (χ2n) is 5.10. The molecule has 1 atom stereocenters. The second kappa shape index (κ2) is 7.67. The second-order valence-corrected chi connectivity index (χ2v) is 5.10. The van der Waals surface area contributed by atoms with Crippen LogP contribution in [0.4, 0.5) is 0 Å². The molecule has 0 bridgehead atoms. The molecule has 1 rings (SSSR count). The Hall–Kier alpha value is -0.610. The number of nitrogens with one attached hydrogen (secondary N) is 2. The van der Waals surface area contributed by atoms with Gasteiger partial charge in [-0.25, -0.2) is 0 Å². The van der Waals surface area contributed by atoms with Crippen LogP contribution in [0.15, 0.2) is 0 Å². The van der Waals surface area contributed by atoms with E-state index in [-0.39, 0.29) is 11.9 Å². The molecule has 0 aliphatic carbocycles. The maximum atomic E-state index is 11.8. The van der Waals surface area contributed by atoms with E-state index in [4.69, 9.17) is 0 Å². The highest BCUT2D eigenvalue weighted by Crippen LogP contribution is 2.13. The van der Waals surface area contributed by atoms with E-state index >= 15 is 0 Å². The Balaban J connectivity index is 2.29. The van der Waals surface area contributed by atoms with Gasteiger partial charge in [0.1, 0.15) is 0 Å². The maximum absolute atomic E-state index is 11.8. The molecular weight excluding hydrogens is 214 g/mol. The molecular formula is C13H27N3O. The molecule has 0 spiro atoms. The minimum Gasteiger partial charge on any atom is -0.355 e. The number of piperidine rings is 1. The Labute approximate surface area is 105 Å². The lowest BCUT2D eigenvalue weighted by Crippen LogP contribution is -2.46. The third-order valence-electron chi connectivity index (χ3n) is 3.59. The molecule has 0 saturated carbocycles. The first-order chi connectivity index (χ1) is 8.15. The van der Waals surface area contributed by atoms with Gasteiger partial charge >= 0.3 is 0 Å². The van der Waals surface area contributed by atoms with Crippen LogP contribution in [0, 0.1) is 5.92 Å². The average molecular weight is 241 g/mol. The van der Waals surface area contributed by atoms with Gasteiger partial charge in [-0.05, 0) is 52.2 Å². The topological polar surface area (TPSA) is 44.4 Å². The zero-order chi connectivity index (χ0) is 12.7. The summed E-state index contributed by atoms with van der Waals surface area (Å²) in [6, 6.07) is -0.0172. The van der Waals surface area contributed by atoms with Gasteiger partial charge in [0.25, 0.3) is 0 Å². The number of amides is 1. The molecule has 1 aliphatic rings. The van der Waals surface area contributed by atoms with Crippen molar-refractivity contribution in [3.63, 3.8) is 0 Å². The SMILES string of the molecule is CCCNC(=O)C(C)N(C)CC1CCNCC1. The van der Waals surface area contributed by atoms with Crippen LogP contribution in [-0.2, 0) is 4.79 Å². The fourth-order valence-electron chi connectivity index (χ4n) is 2.23. The number of likely N-dealkylation sites (N-methyl/N-ethyl adjacent to an activating group) is 1. The summed E-state index contributed by atoms with van der Waals surface area (Å²) in [5.41, 5.74) is 0. The largest absolute Gasteiger partial charge is 0.355 e. The van der Waals surface area contributed by atoms with E-state index in [0.29, 0.717) is 0 Å². The van der Waals surface area contributed by atoms with E-state index in [1.165, 1.54) is 12.8 Å². The Kier molecular flexibility index (Phi) is 6.52. The fraction of sp³-hybridized carbons (Fsp3) is 0.923. The fourth-order valence-corrected chi connectivity index (χ4v) is 2.23. The average Bonchev–Trinajstić information content (AvgIpc) is 2.36. The molecule has 0 radical (unpaired) electrons. The van der Waals surface area contributed by atoms with Gasteiger partial charge in [-0.15, -0.1) is 0 Å². The Morgan fingerprint density at radius 3 is 2.71 bits per heavy atom. The van der Waals surface area contributed by atoms with E-state index in [1.54, 1.807) is 0 Å². The zero-order valence-corrected chi connectivity index (χ0v) is 11.5. The summed E-state index contributed by atoms with van der Waals surface area (Å²) in [5, 5.41) is 6.33. The van der Waals surface area contributed by atoms with Crippen LogP contribution in [0.1, 0.15) is 33.1 Å². The molecule has 0 aromatic carbocycles. The number of nitrogens with zero attached hydrogens (tertiary/aromatic N) is 1. The molecule has 1 amide bonds. The summed E-state index contributed by atoms with van der Waals surface area (Å²) >= 11 is 0. The van der Waals surface area contributed by atoms with Crippen molar-refractivity contribution < 1.29 is 4.79 Å². The standard InChI is InChI=1S/C13H27N3O/c1-4-7-15-13(17)11(2)16(3)10-12-5-8-14-9-6-12/h11-12,14H,4-10H2,1-3H3,(H,15,17). The third-order valence-corrected chi connectivity index (χ3v) is 3.59. The van der Waals surface area contributed by atoms with Crippen molar-refractivity contribution in [2.24, 2.45) is 5.92 Å². The van der Waals surface area contributed by atoms with Crippen LogP contribution in [0.3, 0.4) is 0 Å². The molecule has 0 aromatic rings. The van der Waals surface area contributed by atoms with Crippen molar-refractivity contribution in [3.8, 4) is 0 Å². The highest BCUT2D eigenvalue weighted by atomic mass is 16.2. The summed E-state index contributed by atoms with van der Waals surface area (Å²) in [6.07, 6.45) is 3.46. The van der Waals surface area contributed by atoms with Crippen molar-refractivity contribution >= 4 is 5.91 Å². The van der Waals surface area contributed by atoms with Crippen LogP contribution >= 0.6 is 0 Å². The highest BCUT2D eigenvalue weighted by molar-refractivity contribution is 5.81. The molecule has 2 N–H and O–H groups in total. The number of rotatable bonds is 6. The van der Waals surface area contributed by atoms with Crippen LogP contribution in [0.2, 0.25) is 0 Å². The molecule has 1 aliphatic heterocycles. The Bertz CT molecular complexity index is 227. The molecule has 1 unspecified atom stereocenters. The minimum absolute atomic E-state index is 0.0172. The lowest BCUT2D eigenvalue weighted by Gasteiger charge is -2.30. The number of carbonyl (C=O) groups is 1. The molecule has 17 heavy (non-hydrogen) atoms. The first kappa shape index (κ1) is 14.5. The van der Waals surface area contributed by atoms with E-state index in [2.05, 4.69) is 29.5 Å². The van der Waals surface area contributed by atoms with Crippen molar-refractivity contribution in [2.45, 2.75) is 39.2 Å². The van der Waals surface area contributed by atoms with Gasteiger partial charge in [-0.2, -0.15) is 0 Å². The lowest BCUT2D eigenvalue weighted by atomic mass is 9.97. The van der Waals surface area contributed by atoms with E-state index in [9.17, 15) is 4.79 Å². The molecule has 4 nitrogen and oxygen atoms in total. The van der Waals surface area contributed by atoms with Gasteiger partial charge in [0.15, 0.2) is 0 Å². The highest BCUT2D eigenvalue weighted by Gasteiger charge is 2.21. The predicted molar refractivity (Wildman–Crippen MR) is 71.0 cm³/mol. The van der Waals surface area contributed by atoms with Gasteiger partial charge in [0.05, 0.1) is 6.04 Å². The van der Waals surface area contributed by atoms with Crippen molar-refractivity contribution in [1.82, 2.24) is 15.5 Å². The smallest absolute Gasteiger partial charge is 0.237 e. The maximum Gasteiger partial charge on any atom is 0.237 e. The number of hydrogen-bond acceptors (Lipinski definition) is 3. The van der Waals surface area contributed by atoms with E-state index in [1.807, 2.05) is 6.92 Å². The first-order valence-electron chi connectivity index (χ1n) is 6.83. The van der Waals surface area contributed by atoms with Crippen molar-refractivity contribution in [1.29, 1.82) is 0 Å². The third kappa shape index (κ3) is 5.04. The Morgan fingerprint density at radius 1 is 1.47 bits per heavy atom. The van der Waals surface area contributed by atoms with Gasteiger partial charge in [-0.3, -0.25) is 9.69 Å². The molecule has 1 heterocycles. The summed E-state index contributed by atoms with van der Waals surface area (Å²) in [7, 11) is 2.05. The number of carbonyl (C=O) groups excluding carboxylic acids is 1. The van der Waals surface area contributed by atoms with Gasteiger partial charge in [0, 0.05) is 13.1 Å². The zero-order valence-electron chi connectivity index (χ0n) is 11.5. The summed E-state index contributed by atoms with van der Waals surface area (Å²) < 4.78 is 0. The summed E-state index contributed by atoms with van der Waals surface area (Å²) in [4.78, 5) is 14.0. The Morgan fingerprint density at radius 2 is 2.12 bits per heavy atom. The molecule has 1 saturated heterocycles. The predicted octanol–water partition coefficient (Wildman–Crippen LogP) is 0.833. The van der Waals surface area contributed by atoms with Crippen LogP contribution in [0.25, 0.3) is 0 Å². The van der Waals surface area contributed by atoms with E-state index < -0.39 is 0 Å². The molecule has 4 heteroatoms. The van der Waals surface area contributed by atoms with Crippen LogP contribution < -0.4 is 10.6 Å². The summed E-state index contributed by atoms with van der Waals surface area (Å²) in [6.45, 7) is 8.12. The summed E-state index contributed by atoms with van der Waals surface area (Å²) in [5.74, 6) is 0.894. The van der Waals surface area contributed by atoms with Gasteiger partial charge < -0.3 is 10.6 Å². The number of hydrogen-bond donors (Lipinski definition) is 2. The van der Waals surface area contributed by atoms with Gasteiger partial charge in [0.2, 0.25) is 5.91 Å². The molecule has 1 fully saturated rings. The first-order valence-corrected chi connectivity index (χ1v) is 6.83. The normalized spacial score (nSPS) is 19.3. The van der Waals surface area contributed by atoms with Crippen molar-refractivity contribution in [3.05, 3.63) is 0 Å². The van der Waals surface area contributed by atoms with E-state index in [0.717, 1.165) is 38.5 Å². The molecule has 0 aromatic heterocycles. The molecule has 100 valence electrons. The van der Waals surface area contributed by atoms with Crippen LogP contribution in [0.5, 0.6) is 0 Å². The van der Waals surface area contributed by atoms with Crippen molar-refractivity contribution in [2.75, 3.05) is 33.2 Å². The quantitative estimate of drug-likeness (QED) is 0.724. The monoisotopic (exact) mass is 241 g/mol. The minimum atomic E-state index is -0.0172. The van der Waals surface area contributed by atoms with Crippen LogP contribution in [-0.4, -0.2) is 50.1 Å².